The molecule has 28 heavy (non-hydrogen) atoms. The van der Waals surface area contributed by atoms with E-state index < -0.39 is 5.56 Å². The molecule has 1 aliphatic rings. The van der Waals surface area contributed by atoms with E-state index in [1.807, 2.05) is 0 Å². The average molecular weight is 403 g/mol. The van der Waals surface area contributed by atoms with Crippen molar-refractivity contribution in [2.24, 2.45) is 4.99 Å². The summed E-state index contributed by atoms with van der Waals surface area (Å²) in [6.45, 7) is 3.93. The number of hydrogen-bond acceptors (Lipinski definition) is 6. The molecule has 0 unspecified atom stereocenters. The molecule has 0 amide bonds. The lowest BCUT2D eigenvalue weighted by atomic mass is 10.1. The van der Waals surface area contributed by atoms with E-state index in [1.165, 1.54) is 30.0 Å². The van der Waals surface area contributed by atoms with Crippen LogP contribution in [0.2, 0.25) is 0 Å². The molecular formula is C20H26N4O3S. The van der Waals surface area contributed by atoms with Gasteiger partial charge in [0.25, 0.3) is 5.56 Å². The van der Waals surface area contributed by atoms with Crippen LogP contribution >= 0.6 is 12.2 Å². The first-order valence-corrected chi connectivity index (χ1v) is 9.96. The van der Waals surface area contributed by atoms with Gasteiger partial charge in [0.15, 0.2) is 4.77 Å². The second kappa shape index (κ2) is 9.66. The van der Waals surface area contributed by atoms with Crippen molar-refractivity contribution >= 4 is 18.4 Å². The minimum atomic E-state index is -0.457. The lowest BCUT2D eigenvalue weighted by Crippen LogP contribution is -2.30. The van der Waals surface area contributed by atoms with E-state index in [0.29, 0.717) is 18.0 Å². The van der Waals surface area contributed by atoms with Crippen molar-refractivity contribution in [3.8, 4) is 17.3 Å². The number of rotatable bonds is 7. The van der Waals surface area contributed by atoms with Gasteiger partial charge in [0, 0.05) is 18.8 Å². The zero-order valence-corrected chi connectivity index (χ0v) is 16.9. The Morgan fingerprint density at radius 3 is 2.86 bits per heavy atom. The summed E-state index contributed by atoms with van der Waals surface area (Å²) < 4.78 is 6.73. The summed E-state index contributed by atoms with van der Waals surface area (Å²) in [5, 5.41) is 10.7. The van der Waals surface area contributed by atoms with Crippen molar-refractivity contribution in [2.45, 2.75) is 25.7 Å². The van der Waals surface area contributed by atoms with Crippen LogP contribution in [0.3, 0.4) is 0 Å². The summed E-state index contributed by atoms with van der Waals surface area (Å²) in [5.74, 6) is 0.389. The number of piperidine rings is 1. The molecule has 2 heterocycles. The van der Waals surface area contributed by atoms with Gasteiger partial charge in [-0.2, -0.15) is 0 Å². The Bertz CT molecular complexity index is 945. The Hall–Kier alpha value is -2.45. The van der Waals surface area contributed by atoms with Gasteiger partial charge in [-0.3, -0.25) is 19.3 Å². The maximum absolute atomic E-state index is 12.3. The quantitative estimate of drug-likeness (QED) is 0.423. The number of nitrogens with one attached hydrogen (secondary N) is 1. The Morgan fingerprint density at radius 2 is 2.11 bits per heavy atom. The van der Waals surface area contributed by atoms with Gasteiger partial charge in [0.05, 0.1) is 12.8 Å². The van der Waals surface area contributed by atoms with E-state index in [0.717, 1.165) is 26.1 Å². The molecule has 0 radical (unpaired) electrons. The summed E-state index contributed by atoms with van der Waals surface area (Å²) in [7, 11) is 1.56. The van der Waals surface area contributed by atoms with E-state index in [2.05, 4.69) is 14.9 Å². The minimum absolute atomic E-state index is 0.0920. The SMILES string of the molecule is COc1cccc(-n2c(O)c(C=NCCCN3CCCCC3)c(=O)[nH]c2=S)c1. The number of H-pyrrole nitrogens is 1. The third kappa shape index (κ3) is 4.88. The number of nitrogens with zero attached hydrogens (tertiary/aromatic N) is 3. The van der Waals surface area contributed by atoms with Gasteiger partial charge in [0.2, 0.25) is 5.88 Å². The first-order chi connectivity index (χ1) is 13.6. The molecule has 7 nitrogen and oxygen atoms in total. The first kappa shape index (κ1) is 20.3. The molecule has 1 saturated heterocycles. The van der Waals surface area contributed by atoms with Gasteiger partial charge in [-0.25, -0.2) is 0 Å². The summed E-state index contributed by atoms with van der Waals surface area (Å²) in [6.07, 6.45) is 6.21. The highest BCUT2D eigenvalue weighted by atomic mass is 32.1. The van der Waals surface area contributed by atoms with Crippen molar-refractivity contribution in [3.63, 3.8) is 0 Å². The second-order valence-corrected chi connectivity index (χ2v) is 7.21. The molecule has 0 spiro atoms. The van der Waals surface area contributed by atoms with Crippen molar-refractivity contribution in [2.75, 3.05) is 33.3 Å². The van der Waals surface area contributed by atoms with Crippen LogP contribution in [-0.2, 0) is 0 Å². The highest BCUT2D eigenvalue weighted by Gasteiger charge is 2.13. The largest absolute Gasteiger partial charge is 0.497 e. The van der Waals surface area contributed by atoms with E-state index in [-0.39, 0.29) is 16.2 Å². The van der Waals surface area contributed by atoms with Gasteiger partial charge in [-0.05, 0) is 63.2 Å². The fourth-order valence-electron chi connectivity index (χ4n) is 3.37. The van der Waals surface area contributed by atoms with Gasteiger partial charge < -0.3 is 14.7 Å². The molecule has 1 aromatic heterocycles. The van der Waals surface area contributed by atoms with E-state index in [9.17, 15) is 9.90 Å². The third-order valence-corrected chi connectivity index (χ3v) is 5.15. The predicted molar refractivity (Wildman–Crippen MR) is 113 cm³/mol. The van der Waals surface area contributed by atoms with Crippen molar-refractivity contribution < 1.29 is 9.84 Å². The van der Waals surface area contributed by atoms with Gasteiger partial charge >= 0.3 is 0 Å². The van der Waals surface area contributed by atoms with Crippen LogP contribution in [-0.4, -0.2) is 59.1 Å². The highest BCUT2D eigenvalue weighted by molar-refractivity contribution is 7.71. The number of aromatic amines is 1. The predicted octanol–water partition coefficient (Wildman–Crippen LogP) is 2.90. The summed E-state index contributed by atoms with van der Waals surface area (Å²) in [4.78, 5) is 21.7. The molecular weight excluding hydrogens is 376 g/mol. The lowest BCUT2D eigenvalue weighted by Gasteiger charge is -2.25. The molecule has 1 aliphatic heterocycles. The Kier molecular flexibility index (Phi) is 7.00. The monoisotopic (exact) mass is 402 g/mol. The number of aliphatic imine (C=N–C) groups is 1. The second-order valence-electron chi connectivity index (χ2n) is 6.82. The van der Waals surface area contributed by atoms with Gasteiger partial charge in [0.1, 0.15) is 11.3 Å². The van der Waals surface area contributed by atoms with Crippen LogP contribution in [0.5, 0.6) is 11.6 Å². The molecule has 3 rings (SSSR count). The molecule has 0 aliphatic carbocycles. The van der Waals surface area contributed by atoms with E-state index in [4.69, 9.17) is 17.0 Å². The average Bonchev–Trinajstić information content (AvgIpc) is 2.70. The molecule has 0 atom stereocenters. The Morgan fingerprint density at radius 1 is 1.32 bits per heavy atom. The fourth-order valence-corrected chi connectivity index (χ4v) is 3.65. The molecule has 2 aromatic rings. The molecule has 0 bridgehead atoms. The lowest BCUT2D eigenvalue weighted by molar-refractivity contribution is 0.228. The standard InChI is InChI=1S/C20H26N4O3S/c1-27-16-8-5-7-15(13-16)24-19(26)17(18(25)22-20(24)28)14-21-9-6-12-23-10-3-2-4-11-23/h5,7-8,13-14,26H,2-4,6,9-12H2,1H3,(H,22,25,28). The molecule has 2 N–H and O–H groups in total. The van der Waals surface area contributed by atoms with Crippen LogP contribution in [0.4, 0.5) is 0 Å². The van der Waals surface area contributed by atoms with Gasteiger partial charge in [-0.1, -0.05) is 12.5 Å². The van der Waals surface area contributed by atoms with Crippen LogP contribution in [0.1, 0.15) is 31.2 Å². The zero-order chi connectivity index (χ0) is 19.9. The number of likely N-dealkylation sites (tertiary alicyclic amines) is 1. The smallest absolute Gasteiger partial charge is 0.264 e. The highest BCUT2D eigenvalue weighted by Crippen LogP contribution is 2.22. The number of benzene rings is 1. The van der Waals surface area contributed by atoms with E-state index in [1.54, 1.807) is 31.4 Å². The maximum Gasteiger partial charge on any atom is 0.264 e. The molecule has 0 saturated carbocycles. The summed E-state index contributed by atoms with van der Waals surface area (Å²) in [5.41, 5.74) is 0.230. The summed E-state index contributed by atoms with van der Waals surface area (Å²) in [6, 6.07) is 7.08. The number of methoxy groups -OCH3 is 1. The maximum atomic E-state index is 12.3. The molecule has 1 fully saturated rings. The van der Waals surface area contributed by atoms with Crippen molar-refractivity contribution in [3.05, 3.63) is 45.0 Å². The van der Waals surface area contributed by atoms with Crippen LogP contribution in [0.25, 0.3) is 5.69 Å². The van der Waals surface area contributed by atoms with Crippen LogP contribution in [0.15, 0.2) is 34.1 Å². The van der Waals surface area contributed by atoms with Crippen molar-refractivity contribution in [1.29, 1.82) is 0 Å². The van der Waals surface area contributed by atoms with Crippen molar-refractivity contribution in [1.82, 2.24) is 14.5 Å². The molecule has 1 aromatic carbocycles. The fraction of sp³-hybridized carbons (Fsp3) is 0.450. The third-order valence-electron chi connectivity index (χ3n) is 4.86. The van der Waals surface area contributed by atoms with E-state index >= 15 is 0 Å². The first-order valence-electron chi connectivity index (χ1n) is 9.55. The van der Waals surface area contributed by atoms with Crippen LogP contribution < -0.4 is 10.3 Å². The number of hydrogen-bond donors (Lipinski definition) is 2. The topological polar surface area (TPSA) is 82.8 Å². The van der Waals surface area contributed by atoms with Gasteiger partial charge in [-0.15, -0.1) is 0 Å². The number of ether oxygens (including phenoxy) is 1. The number of aromatic nitrogens is 2. The summed E-state index contributed by atoms with van der Waals surface area (Å²) >= 11 is 5.23. The minimum Gasteiger partial charge on any atom is -0.497 e. The number of aromatic hydroxyl groups is 1. The normalized spacial score (nSPS) is 15.2. The Balaban J connectivity index is 1.75. The molecule has 150 valence electrons. The Labute approximate surface area is 169 Å². The zero-order valence-electron chi connectivity index (χ0n) is 16.1. The molecule has 8 heteroatoms. The van der Waals surface area contributed by atoms with Crippen LogP contribution in [0, 0.1) is 4.77 Å².